The first kappa shape index (κ1) is 15.6. The van der Waals surface area contributed by atoms with Crippen molar-refractivity contribution in [3.8, 4) is 0 Å². The maximum atomic E-state index is 11.7. The number of aromatic nitrogens is 2. The lowest BCUT2D eigenvalue weighted by molar-refractivity contribution is 0.208. The number of hydrogen-bond donors (Lipinski definition) is 2. The van der Waals surface area contributed by atoms with Crippen molar-refractivity contribution in [2.75, 3.05) is 0 Å². The van der Waals surface area contributed by atoms with Crippen LogP contribution in [0.1, 0.15) is 52.1 Å². The number of aryl methyl sites for hydroxylation is 1. The molecule has 1 saturated carbocycles. The van der Waals surface area contributed by atoms with E-state index in [1.165, 1.54) is 12.8 Å². The molecule has 2 atom stereocenters. The SMILES string of the molecule is CCCc1cc(=O)[nH]c(SC2CCCC(C)(C)C2N)n1. The molecule has 0 bridgehead atoms. The number of nitrogens with zero attached hydrogens (tertiary/aromatic N) is 1. The summed E-state index contributed by atoms with van der Waals surface area (Å²) in [5, 5.41) is 1.05. The number of hydrogen-bond acceptors (Lipinski definition) is 4. The van der Waals surface area contributed by atoms with Crippen LogP contribution >= 0.6 is 11.8 Å². The van der Waals surface area contributed by atoms with Crippen LogP contribution in [0.4, 0.5) is 0 Å². The lowest BCUT2D eigenvalue weighted by Crippen LogP contribution is -2.48. The van der Waals surface area contributed by atoms with Gasteiger partial charge in [0.1, 0.15) is 0 Å². The van der Waals surface area contributed by atoms with Crippen LogP contribution < -0.4 is 11.3 Å². The Labute approximate surface area is 125 Å². The second-order valence-electron chi connectivity index (χ2n) is 6.35. The van der Waals surface area contributed by atoms with Crippen LogP contribution in [0.25, 0.3) is 0 Å². The number of rotatable bonds is 4. The molecule has 1 aliphatic carbocycles. The summed E-state index contributed by atoms with van der Waals surface area (Å²) < 4.78 is 0. The van der Waals surface area contributed by atoms with Crippen molar-refractivity contribution in [3.05, 3.63) is 22.1 Å². The summed E-state index contributed by atoms with van der Waals surface area (Å²) in [5.41, 5.74) is 7.38. The molecule has 2 unspecified atom stereocenters. The second-order valence-corrected chi connectivity index (χ2v) is 7.58. The van der Waals surface area contributed by atoms with E-state index < -0.39 is 0 Å². The first-order valence-electron chi connectivity index (χ1n) is 7.45. The zero-order valence-electron chi connectivity index (χ0n) is 12.6. The minimum Gasteiger partial charge on any atom is -0.326 e. The number of thioether (sulfide) groups is 1. The van der Waals surface area contributed by atoms with E-state index in [1.807, 2.05) is 0 Å². The average molecular weight is 295 g/mol. The van der Waals surface area contributed by atoms with Gasteiger partial charge in [0.25, 0.3) is 5.56 Å². The highest BCUT2D eigenvalue weighted by atomic mass is 32.2. The van der Waals surface area contributed by atoms with Crippen LogP contribution in [0.2, 0.25) is 0 Å². The first-order chi connectivity index (χ1) is 9.42. The third kappa shape index (κ3) is 3.64. The Bertz CT molecular complexity index is 512. The van der Waals surface area contributed by atoms with Gasteiger partial charge in [0.05, 0.1) is 0 Å². The van der Waals surface area contributed by atoms with E-state index >= 15 is 0 Å². The van der Waals surface area contributed by atoms with E-state index in [0.29, 0.717) is 5.25 Å². The minimum atomic E-state index is -0.0606. The molecule has 0 amide bonds. The molecular formula is C15H25N3OS. The van der Waals surface area contributed by atoms with Gasteiger partial charge in [0.15, 0.2) is 5.16 Å². The predicted octanol–water partition coefficient (Wildman–Crippen LogP) is 2.72. The van der Waals surface area contributed by atoms with Gasteiger partial charge in [0.2, 0.25) is 0 Å². The summed E-state index contributed by atoms with van der Waals surface area (Å²) in [6.07, 6.45) is 5.30. The van der Waals surface area contributed by atoms with Gasteiger partial charge in [-0.2, -0.15) is 0 Å². The summed E-state index contributed by atoms with van der Waals surface area (Å²) in [7, 11) is 0. The number of aromatic amines is 1. The average Bonchev–Trinajstić information content (AvgIpc) is 2.35. The fraction of sp³-hybridized carbons (Fsp3) is 0.733. The zero-order valence-corrected chi connectivity index (χ0v) is 13.4. The van der Waals surface area contributed by atoms with Crippen molar-refractivity contribution < 1.29 is 0 Å². The summed E-state index contributed by atoms with van der Waals surface area (Å²) in [6, 6.07) is 1.74. The topological polar surface area (TPSA) is 71.8 Å². The Morgan fingerprint density at radius 2 is 2.30 bits per heavy atom. The Balaban J connectivity index is 2.15. The van der Waals surface area contributed by atoms with Gasteiger partial charge in [0, 0.05) is 23.1 Å². The number of nitrogens with one attached hydrogen (secondary N) is 1. The number of nitrogens with two attached hydrogens (primary N) is 1. The molecule has 0 radical (unpaired) electrons. The van der Waals surface area contributed by atoms with Crippen LogP contribution in [0.15, 0.2) is 16.0 Å². The molecule has 112 valence electrons. The van der Waals surface area contributed by atoms with Gasteiger partial charge in [-0.1, -0.05) is 45.4 Å². The molecule has 0 spiro atoms. The molecule has 0 aliphatic heterocycles. The van der Waals surface area contributed by atoms with Crippen molar-refractivity contribution in [2.24, 2.45) is 11.1 Å². The Kier molecular flexibility index (Phi) is 4.91. The number of H-pyrrole nitrogens is 1. The van der Waals surface area contributed by atoms with E-state index in [0.717, 1.165) is 30.1 Å². The molecule has 1 heterocycles. The Morgan fingerprint density at radius 1 is 1.55 bits per heavy atom. The van der Waals surface area contributed by atoms with Crippen LogP contribution in [0.5, 0.6) is 0 Å². The summed E-state index contributed by atoms with van der Waals surface area (Å²) in [5.74, 6) is 0. The largest absolute Gasteiger partial charge is 0.326 e. The minimum absolute atomic E-state index is 0.0606. The fourth-order valence-electron chi connectivity index (χ4n) is 2.81. The summed E-state index contributed by atoms with van der Waals surface area (Å²) >= 11 is 1.64. The molecule has 1 aromatic heterocycles. The molecular weight excluding hydrogens is 270 g/mol. The third-order valence-corrected chi connectivity index (χ3v) is 5.40. The molecule has 5 heteroatoms. The molecule has 3 N–H and O–H groups in total. The highest BCUT2D eigenvalue weighted by molar-refractivity contribution is 7.99. The van der Waals surface area contributed by atoms with Crippen LogP contribution in [0, 0.1) is 5.41 Å². The van der Waals surface area contributed by atoms with Gasteiger partial charge in [-0.25, -0.2) is 4.98 Å². The third-order valence-electron chi connectivity index (χ3n) is 4.15. The van der Waals surface area contributed by atoms with Crippen molar-refractivity contribution in [2.45, 2.75) is 69.3 Å². The molecule has 1 fully saturated rings. The van der Waals surface area contributed by atoms with E-state index in [1.54, 1.807) is 17.8 Å². The van der Waals surface area contributed by atoms with Crippen molar-refractivity contribution >= 4 is 11.8 Å². The molecule has 1 aliphatic rings. The lowest BCUT2D eigenvalue weighted by Gasteiger charge is -2.41. The maximum absolute atomic E-state index is 11.7. The van der Waals surface area contributed by atoms with Crippen LogP contribution in [0.3, 0.4) is 0 Å². The van der Waals surface area contributed by atoms with Gasteiger partial charge in [-0.15, -0.1) is 0 Å². The first-order valence-corrected chi connectivity index (χ1v) is 8.33. The zero-order chi connectivity index (χ0) is 14.8. The molecule has 0 saturated heterocycles. The standard InChI is InChI=1S/C15H25N3OS/c1-4-6-10-9-12(19)18-14(17-10)20-11-7-5-8-15(2,3)13(11)16/h9,11,13H,4-8,16H2,1-3H3,(H,17,18,19). The lowest BCUT2D eigenvalue weighted by atomic mass is 9.73. The van der Waals surface area contributed by atoms with Gasteiger partial charge in [-0.3, -0.25) is 4.79 Å². The maximum Gasteiger partial charge on any atom is 0.251 e. The van der Waals surface area contributed by atoms with E-state index in [-0.39, 0.29) is 17.0 Å². The van der Waals surface area contributed by atoms with Gasteiger partial charge >= 0.3 is 0 Å². The van der Waals surface area contributed by atoms with E-state index in [4.69, 9.17) is 5.73 Å². The normalized spacial score (nSPS) is 25.6. The van der Waals surface area contributed by atoms with Crippen LogP contribution in [-0.2, 0) is 6.42 Å². The second kappa shape index (κ2) is 6.31. The highest BCUT2D eigenvalue weighted by Gasteiger charge is 2.37. The quantitative estimate of drug-likeness (QED) is 0.838. The smallest absolute Gasteiger partial charge is 0.251 e. The Morgan fingerprint density at radius 3 is 3.00 bits per heavy atom. The molecule has 0 aromatic carbocycles. The van der Waals surface area contributed by atoms with Crippen LogP contribution in [-0.4, -0.2) is 21.3 Å². The van der Waals surface area contributed by atoms with Crippen molar-refractivity contribution in [3.63, 3.8) is 0 Å². The van der Waals surface area contributed by atoms with Gasteiger partial charge < -0.3 is 10.7 Å². The molecule has 1 aromatic rings. The molecule has 2 rings (SSSR count). The summed E-state index contributed by atoms with van der Waals surface area (Å²) in [4.78, 5) is 19.1. The van der Waals surface area contributed by atoms with Gasteiger partial charge in [-0.05, 0) is 24.7 Å². The fourth-order valence-corrected chi connectivity index (χ4v) is 4.22. The Hall–Kier alpha value is -0.810. The van der Waals surface area contributed by atoms with Crippen molar-refractivity contribution in [1.82, 2.24) is 9.97 Å². The monoisotopic (exact) mass is 295 g/mol. The van der Waals surface area contributed by atoms with E-state index in [2.05, 4.69) is 30.7 Å². The predicted molar refractivity (Wildman–Crippen MR) is 84.1 cm³/mol. The molecule has 20 heavy (non-hydrogen) atoms. The molecule has 4 nitrogen and oxygen atoms in total. The highest BCUT2D eigenvalue weighted by Crippen LogP contribution is 2.40. The summed E-state index contributed by atoms with van der Waals surface area (Å²) in [6.45, 7) is 6.55. The van der Waals surface area contributed by atoms with Crippen molar-refractivity contribution in [1.29, 1.82) is 0 Å². The van der Waals surface area contributed by atoms with E-state index in [9.17, 15) is 4.79 Å².